The maximum absolute atomic E-state index is 13.6. The molecule has 1 heterocycles. The van der Waals surface area contributed by atoms with Crippen LogP contribution in [0.4, 0.5) is 11.4 Å². The van der Waals surface area contributed by atoms with Crippen LogP contribution in [-0.2, 0) is 4.79 Å². The van der Waals surface area contributed by atoms with Crippen LogP contribution in [0.1, 0.15) is 25.0 Å². The number of allylic oxidation sites excluding steroid dienone is 1. The number of fused-ring (bicyclic) bond motifs is 1. The number of rotatable bonds is 5. The van der Waals surface area contributed by atoms with E-state index in [1.54, 1.807) is 0 Å². The molecule has 3 aromatic carbocycles. The van der Waals surface area contributed by atoms with Gasteiger partial charge < -0.3 is 10.2 Å². The maximum Gasteiger partial charge on any atom is 0.256 e. The summed E-state index contributed by atoms with van der Waals surface area (Å²) >= 11 is 0. The van der Waals surface area contributed by atoms with Crippen LogP contribution >= 0.6 is 0 Å². The average molecular weight is 396 g/mol. The summed E-state index contributed by atoms with van der Waals surface area (Å²) in [7, 11) is 0. The molecule has 30 heavy (non-hydrogen) atoms. The SMILES string of the molecule is CCN(CC)C(=O)/C(=C1/Nc2ccccc2C1=Nc1ccccc1)c1ccccc1. The molecule has 0 radical (unpaired) electrons. The van der Waals surface area contributed by atoms with Crippen molar-refractivity contribution in [2.45, 2.75) is 13.8 Å². The van der Waals surface area contributed by atoms with Crippen LogP contribution in [0.15, 0.2) is 95.6 Å². The van der Waals surface area contributed by atoms with E-state index in [0.717, 1.165) is 33.9 Å². The van der Waals surface area contributed by atoms with Gasteiger partial charge >= 0.3 is 0 Å². The summed E-state index contributed by atoms with van der Waals surface area (Å²) in [6, 6.07) is 27.7. The fourth-order valence-corrected chi connectivity index (χ4v) is 3.70. The van der Waals surface area contributed by atoms with Gasteiger partial charge in [0.25, 0.3) is 5.91 Å². The Morgan fingerprint density at radius 3 is 2.10 bits per heavy atom. The topological polar surface area (TPSA) is 44.7 Å². The number of likely N-dealkylation sites (N-methyl/N-ethyl adjacent to an activating group) is 1. The minimum atomic E-state index is 0.00210. The van der Waals surface area contributed by atoms with Crippen LogP contribution in [-0.4, -0.2) is 29.6 Å². The van der Waals surface area contributed by atoms with Crippen molar-refractivity contribution in [2.75, 3.05) is 18.4 Å². The maximum atomic E-state index is 13.6. The number of carbonyl (C=O) groups excluding carboxylic acids is 1. The van der Waals surface area contributed by atoms with Crippen LogP contribution in [0.3, 0.4) is 0 Å². The average Bonchev–Trinajstić information content (AvgIpc) is 3.14. The fraction of sp³-hybridized carbons (Fsp3) is 0.154. The molecular formula is C26H25N3O. The highest BCUT2D eigenvalue weighted by Crippen LogP contribution is 2.35. The third-order valence-electron chi connectivity index (χ3n) is 5.25. The van der Waals surface area contributed by atoms with Gasteiger partial charge in [-0.2, -0.15) is 0 Å². The number of aliphatic imine (C=N–C) groups is 1. The molecule has 0 aromatic heterocycles. The van der Waals surface area contributed by atoms with E-state index in [-0.39, 0.29) is 5.91 Å². The number of carbonyl (C=O) groups is 1. The van der Waals surface area contributed by atoms with E-state index in [4.69, 9.17) is 4.99 Å². The van der Waals surface area contributed by atoms with E-state index < -0.39 is 0 Å². The smallest absolute Gasteiger partial charge is 0.256 e. The molecule has 0 unspecified atom stereocenters. The lowest BCUT2D eigenvalue weighted by molar-refractivity contribution is -0.124. The minimum absolute atomic E-state index is 0.00210. The van der Waals surface area contributed by atoms with Gasteiger partial charge in [0, 0.05) is 24.3 Å². The Labute approximate surface area is 177 Å². The Kier molecular flexibility index (Phi) is 5.75. The van der Waals surface area contributed by atoms with E-state index in [9.17, 15) is 4.79 Å². The second-order valence-electron chi connectivity index (χ2n) is 7.06. The number of anilines is 1. The molecule has 0 atom stereocenters. The van der Waals surface area contributed by atoms with Gasteiger partial charge in [0.1, 0.15) is 0 Å². The van der Waals surface area contributed by atoms with Crippen LogP contribution in [0.2, 0.25) is 0 Å². The standard InChI is InChI=1S/C26H25N3O/c1-3-29(4-2)26(30)23(19-13-7-5-8-14-19)25-24(27-20-15-9-6-10-16-20)21-17-11-12-18-22(21)28-25/h5-18,28H,3-4H2,1-2H3/b25-23+,27-24?. The Morgan fingerprint density at radius 2 is 1.43 bits per heavy atom. The summed E-state index contributed by atoms with van der Waals surface area (Å²) in [6.07, 6.45) is 0. The number of nitrogens with one attached hydrogen (secondary N) is 1. The van der Waals surface area contributed by atoms with Crippen molar-refractivity contribution in [3.8, 4) is 0 Å². The number of amides is 1. The van der Waals surface area contributed by atoms with Gasteiger partial charge in [-0.15, -0.1) is 0 Å². The van der Waals surface area contributed by atoms with Gasteiger partial charge in [-0.1, -0.05) is 66.7 Å². The first-order valence-corrected chi connectivity index (χ1v) is 10.3. The normalized spacial score (nSPS) is 15.5. The molecule has 0 saturated heterocycles. The van der Waals surface area contributed by atoms with Crippen molar-refractivity contribution in [1.29, 1.82) is 0 Å². The molecular weight excluding hydrogens is 370 g/mol. The van der Waals surface area contributed by atoms with Crippen LogP contribution in [0, 0.1) is 0 Å². The molecule has 1 aliphatic heterocycles. The Hall–Kier alpha value is -3.66. The summed E-state index contributed by atoms with van der Waals surface area (Å²) in [4.78, 5) is 20.4. The summed E-state index contributed by atoms with van der Waals surface area (Å²) in [5.74, 6) is 0.00210. The van der Waals surface area contributed by atoms with E-state index in [0.29, 0.717) is 18.7 Å². The predicted octanol–water partition coefficient (Wildman–Crippen LogP) is 5.51. The lowest BCUT2D eigenvalue weighted by Gasteiger charge is -2.22. The van der Waals surface area contributed by atoms with Crippen molar-refractivity contribution < 1.29 is 4.79 Å². The second kappa shape index (κ2) is 8.78. The Balaban J connectivity index is 1.97. The first-order valence-electron chi connectivity index (χ1n) is 10.3. The van der Waals surface area contributed by atoms with Crippen molar-refractivity contribution in [3.63, 3.8) is 0 Å². The van der Waals surface area contributed by atoms with Crippen molar-refractivity contribution >= 4 is 28.6 Å². The van der Waals surface area contributed by atoms with E-state index in [2.05, 4.69) is 5.32 Å². The molecule has 0 spiro atoms. The monoisotopic (exact) mass is 395 g/mol. The highest BCUT2D eigenvalue weighted by Gasteiger charge is 2.30. The first kappa shape index (κ1) is 19.6. The summed E-state index contributed by atoms with van der Waals surface area (Å²) in [5.41, 5.74) is 5.88. The molecule has 150 valence electrons. The Morgan fingerprint density at radius 1 is 0.833 bits per heavy atom. The highest BCUT2D eigenvalue weighted by molar-refractivity contribution is 6.34. The lowest BCUT2D eigenvalue weighted by Crippen LogP contribution is -2.32. The number of hydrogen-bond acceptors (Lipinski definition) is 3. The van der Waals surface area contributed by atoms with Gasteiger partial charge in [0.05, 0.1) is 22.7 Å². The van der Waals surface area contributed by atoms with Gasteiger partial charge in [0.15, 0.2) is 0 Å². The molecule has 4 rings (SSSR count). The Bertz CT molecular complexity index is 1100. The number of hydrogen-bond donors (Lipinski definition) is 1. The van der Waals surface area contributed by atoms with Gasteiger partial charge in [0.2, 0.25) is 0 Å². The third kappa shape index (κ3) is 3.77. The van der Waals surface area contributed by atoms with E-state index >= 15 is 0 Å². The van der Waals surface area contributed by atoms with E-state index in [1.807, 2.05) is 104 Å². The first-order chi connectivity index (χ1) is 14.7. The molecule has 1 amide bonds. The zero-order valence-corrected chi connectivity index (χ0v) is 17.3. The molecule has 4 heteroatoms. The molecule has 0 aliphatic carbocycles. The summed E-state index contributed by atoms with van der Waals surface area (Å²) in [5, 5.41) is 3.49. The zero-order chi connectivity index (χ0) is 20.9. The summed E-state index contributed by atoms with van der Waals surface area (Å²) in [6.45, 7) is 5.31. The molecule has 0 fully saturated rings. The zero-order valence-electron chi connectivity index (χ0n) is 17.3. The predicted molar refractivity (Wildman–Crippen MR) is 124 cm³/mol. The van der Waals surface area contributed by atoms with Gasteiger partial charge in [-0.3, -0.25) is 4.79 Å². The molecule has 3 aromatic rings. The quantitative estimate of drug-likeness (QED) is 0.579. The van der Waals surface area contributed by atoms with Crippen LogP contribution in [0.5, 0.6) is 0 Å². The van der Waals surface area contributed by atoms with Crippen molar-refractivity contribution in [2.24, 2.45) is 4.99 Å². The van der Waals surface area contributed by atoms with Crippen molar-refractivity contribution in [1.82, 2.24) is 4.90 Å². The molecule has 0 bridgehead atoms. The largest absolute Gasteiger partial charge is 0.353 e. The minimum Gasteiger partial charge on any atom is -0.353 e. The molecule has 0 saturated carbocycles. The van der Waals surface area contributed by atoms with Gasteiger partial charge in [-0.05, 0) is 37.6 Å². The summed E-state index contributed by atoms with van der Waals surface area (Å²) < 4.78 is 0. The third-order valence-corrected chi connectivity index (χ3v) is 5.25. The molecule has 1 N–H and O–H groups in total. The van der Waals surface area contributed by atoms with Crippen LogP contribution < -0.4 is 5.32 Å². The fourth-order valence-electron chi connectivity index (χ4n) is 3.70. The van der Waals surface area contributed by atoms with Gasteiger partial charge in [-0.25, -0.2) is 4.99 Å². The number of benzene rings is 3. The van der Waals surface area contributed by atoms with Crippen LogP contribution in [0.25, 0.3) is 5.57 Å². The molecule has 4 nitrogen and oxygen atoms in total. The second-order valence-corrected chi connectivity index (χ2v) is 7.06. The van der Waals surface area contributed by atoms with E-state index in [1.165, 1.54) is 0 Å². The number of nitrogens with zero attached hydrogens (tertiary/aromatic N) is 2. The number of para-hydroxylation sites is 2. The highest BCUT2D eigenvalue weighted by atomic mass is 16.2. The van der Waals surface area contributed by atoms with Crippen molar-refractivity contribution in [3.05, 3.63) is 102 Å². The molecule has 1 aliphatic rings. The lowest BCUT2D eigenvalue weighted by atomic mass is 9.98.